The average molecular weight is 271 g/mol. The van der Waals surface area contributed by atoms with Gasteiger partial charge in [-0.2, -0.15) is 0 Å². The molecule has 0 aromatic rings. The van der Waals surface area contributed by atoms with E-state index in [2.05, 4.69) is 17.2 Å². The quantitative estimate of drug-likeness (QED) is 0.257. The van der Waals surface area contributed by atoms with Crippen LogP contribution in [0.2, 0.25) is 0 Å². The first-order valence-corrected chi connectivity index (χ1v) is 7.41. The van der Waals surface area contributed by atoms with E-state index < -0.39 is 0 Å². The second-order valence-electron chi connectivity index (χ2n) is 5.48. The molecular formula is C14H29N3O2. The summed E-state index contributed by atoms with van der Waals surface area (Å²) in [6.07, 6.45) is 6.42. The standard InChI is InChI=1S/C14H29N3O2/c1-12(13-7-8-13)17(10-11-19-2)9-5-3-4-6-14(18)16-15/h12-13H,3-11,15H2,1-2H3,(H,16,18). The third-order valence-corrected chi connectivity index (χ3v) is 3.97. The smallest absolute Gasteiger partial charge is 0.233 e. The van der Waals surface area contributed by atoms with E-state index >= 15 is 0 Å². The molecule has 112 valence electrons. The first-order chi connectivity index (χ1) is 9.19. The van der Waals surface area contributed by atoms with Crippen molar-refractivity contribution < 1.29 is 9.53 Å². The molecular weight excluding hydrogens is 242 g/mol. The fraction of sp³-hybridized carbons (Fsp3) is 0.929. The Kier molecular flexibility index (Phi) is 8.02. The van der Waals surface area contributed by atoms with Gasteiger partial charge in [0.2, 0.25) is 5.91 Å². The van der Waals surface area contributed by atoms with Crippen LogP contribution >= 0.6 is 0 Å². The first-order valence-electron chi connectivity index (χ1n) is 7.41. The Morgan fingerprint density at radius 3 is 2.68 bits per heavy atom. The minimum atomic E-state index is -0.0670. The van der Waals surface area contributed by atoms with E-state index in [1.165, 1.54) is 12.8 Å². The van der Waals surface area contributed by atoms with Crippen molar-refractivity contribution in [3.05, 3.63) is 0 Å². The predicted molar refractivity (Wildman–Crippen MR) is 76.4 cm³/mol. The van der Waals surface area contributed by atoms with Gasteiger partial charge < -0.3 is 4.74 Å². The summed E-state index contributed by atoms with van der Waals surface area (Å²) in [5.41, 5.74) is 2.17. The molecule has 1 fully saturated rings. The molecule has 1 rings (SSSR count). The molecule has 0 heterocycles. The summed E-state index contributed by atoms with van der Waals surface area (Å²) in [6.45, 7) is 5.24. The van der Waals surface area contributed by atoms with Gasteiger partial charge in [0.05, 0.1) is 6.61 Å². The minimum absolute atomic E-state index is 0.0670. The van der Waals surface area contributed by atoms with Gasteiger partial charge >= 0.3 is 0 Å². The third kappa shape index (κ3) is 6.89. The maximum atomic E-state index is 11.0. The molecule has 0 radical (unpaired) electrons. The number of nitrogens with zero attached hydrogens (tertiary/aromatic N) is 1. The van der Waals surface area contributed by atoms with Gasteiger partial charge in [-0.1, -0.05) is 6.42 Å². The molecule has 1 amide bonds. The van der Waals surface area contributed by atoms with Crippen molar-refractivity contribution in [2.75, 3.05) is 26.8 Å². The topological polar surface area (TPSA) is 67.6 Å². The van der Waals surface area contributed by atoms with E-state index in [9.17, 15) is 4.79 Å². The summed E-state index contributed by atoms with van der Waals surface area (Å²) in [4.78, 5) is 13.5. The van der Waals surface area contributed by atoms with Crippen molar-refractivity contribution in [2.24, 2.45) is 11.8 Å². The molecule has 0 saturated heterocycles. The Morgan fingerprint density at radius 1 is 1.37 bits per heavy atom. The highest BCUT2D eigenvalue weighted by molar-refractivity contribution is 5.74. The largest absolute Gasteiger partial charge is 0.383 e. The molecule has 3 N–H and O–H groups in total. The zero-order valence-electron chi connectivity index (χ0n) is 12.4. The molecule has 1 aliphatic rings. The summed E-state index contributed by atoms with van der Waals surface area (Å²) in [6, 6.07) is 0.669. The normalized spacial score (nSPS) is 16.6. The van der Waals surface area contributed by atoms with Gasteiger partial charge in [-0.3, -0.25) is 15.1 Å². The second-order valence-corrected chi connectivity index (χ2v) is 5.48. The van der Waals surface area contributed by atoms with Crippen molar-refractivity contribution in [3.8, 4) is 0 Å². The molecule has 0 spiro atoms. The summed E-state index contributed by atoms with van der Waals surface area (Å²) >= 11 is 0. The number of hydrazine groups is 1. The Morgan fingerprint density at radius 2 is 2.11 bits per heavy atom. The highest BCUT2D eigenvalue weighted by Crippen LogP contribution is 2.35. The minimum Gasteiger partial charge on any atom is -0.383 e. The number of methoxy groups -OCH3 is 1. The zero-order valence-corrected chi connectivity index (χ0v) is 12.4. The highest BCUT2D eigenvalue weighted by atomic mass is 16.5. The van der Waals surface area contributed by atoms with Gasteiger partial charge in [0.25, 0.3) is 0 Å². The maximum absolute atomic E-state index is 11.0. The van der Waals surface area contributed by atoms with Crippen LogP contribution in [0.3, 0.4) is 0 Å². The average Bonchev–Trinajstić information content (AvgIpc) is 3.25. The fourth-order valence-electron chi connectivity index (χ4n) is 2.45. The molecule has 1 unspecified atom stereocenters. The van der Waals surface area contributed by atoms with Crippen LogP contribution in [0.4, 0.5) is 0 Å². The molecule has 5 nitrogen and oxygen atoms in total. The molecule has 19 heavy (non-hydrogen) atoms. The monoisotopic (exact) mass is 271 g/mol. The summed E-state index contributed by atoms with van der Waals surface area (Å²) in [7, 11) is 1.76. The lowest BCUT2D eigenvalue weighted by Crippen LogP contribution is -2.37. The number of amides is 1. The van der Waals surface area contributed by atoms with Crippen LogP contribution in [-0.4, -0.2) is 43.7 Å². The van der Waals surface area contributed by atoms with E-state index in [4.69, 9.17) is 10.6 Å². The Hall–Kier alpha value is -0.650. The molecule has 0 aliphatic heterocycles. The van der Waals surface area contributed by atoms with Gasteiger partial charge in [0.15, 0.2) is 0 Å². The van der Waals surface area contributed by atoms with Crippen LogP contribution < -0.4 is 11.3 Å². The van der Waals surface area contributed by atoms with Crippen LogP contribution in [0.5, 0.6) is 0 Å². The van der Waals surface area contributed by atoms with E-state index in [0.717, 1.165) is 44.9 Å². The number of hydrogen-bond donors (Lipinski definition) is 2. The van der Waals surface area contributed by atoms with Gasteiger partial charge in [0, 0.05) is 26.1 Å². The van der Waals surface area contributed by atoms with Crippen molar-refractivity contribution >= 4 is 5.91 Å². The zero-order chi connectivity index (χ0) is 14.1. The number of ether oxygens (including phenoxy) is 1. The Labute approximate surface area is 116 Å². The SMILES string of the molecule is COCCN(CCCCCC(=O)NN)C(C)C1CC1. The first kappa shape index (κ1) is 16.4. The second kappa shape index (κ2) is 9.28. The summed E-state index contributed by atoms with van der Waals surface area (Å²) in [5, 5.41) is 0. The Bertz CT molecular complexity index is 257. The van der Waals surface area contributed by atoms with E-state index in [1.807, 2.05) is 0 Å². The molecule has 0 bridgehead atoms. The van der Waals surface area contributed by atoms with Crippen LogP contribution in [0.15, 0.2) is 0 Å². The number of carbonyl (C=O) groups excluding carboxylic acids is 1. The highest BCUT2D eigenvalue weighted by Gasteiger charge is 2.31. The number of rotatable bonds is 11. The predicted octanol–water partition coefficient (Wildman–Crippen LogP) is 1.28. The van der Waals surface area contributed by atoms with Crippen molar-refractivity contribution in [1.29, 1.82) is 0 Å². The van der Waals surface area contributed by atoms with Crippen LogP contribution in [0.1, 0.15) is 45.4 Å². The van der Waals surface area contributed by atoms with E-state index in [1.54, 1.807) is 7.11 Å². The summed E-state index contributed by atoms with van der Waals surface area (Å²) < 4.78 is 5.19. The number of hydrogen-bond acceptors (Lipinski definition) is 4. The molecule has 0 aromatic heterocycles. The van der Waals surface area contributed by atoms with Gasteiger partial charge in [-0.15, -0.1) is 0 Å². The summed E-state index contributed by atoms with van der Waals surface area (Å²) in [5.74, 6) is 5.87. The van der Waals surface area contributed by atoms with Gasteiger partial charge in [-0.05, 0) is 45.1 Å². The van der Waals surface area contributed by atoms with Crippen LogP contribution in [0.25, 0.3) is 0 Å². The molecule has 1 saturated carbocycles. The molecule has 0 aromatic carbocycles. The van der Waals surface area contributed by atoms with Gasteiger partial charge in [-0.25, -0.2) is 5.84 Å². The maximum Gasteiger partial charge on any atom is 0.233 e. The third-order valence-electron chi connectivity index (χ3n) is 3.97. The molecule has 5 heteroatoms. The number of nitrogens with one attached hydrogen (secondary N) is 1. The van der Waals surface area contributed by atoms with Crippen LogP contribution in [-0.2, 0) is 9.53 Å². The van der Waals surface area contributed by atoms with Crippen molar-refractivity contribution in [3.63, 3.8) is 0 Å². The number of carbonyl (C=O) groups is 1. The Balaban J connectivity index is 2.14. The number of nitrogens with two attached hydrogens (primary N) is 1. The van der Waals surface area contributed by atoms with Crippen molar-refractivity contribution in [1.82, 2.24) is 10.3 Å². The van der Waals surface area contributed by atoms with Crippen molar-refractivity contribution in [2.45, 2.75) is 51.5 Å². The molecule has 1 aliphatic carbocycles. The fourth-order valence-corrected chi connectivity index (χ4v) is 2.45. The van der Waals surface area contributed by atoms with Crippen LogP contribution in [0, 0.1) is 5.92 Å². The lowest BCUT2D eigenvalue weighted by atomic mass is 10.1. The number of unbranched alkanes of at least 4 members (excludes halogenated alkanes) is 2. The lowest BCUT2D eigenvalue weighted by molar-refractivity contribution is -0.121. The lowest BCUT2D eigenvalue weighted by Gasteiger charge is -2.29. The molecule has 1 atom stereocenters. The van der Waals surface area contributed by atoms with Gasteiger partial charge in [0.1, 0.15) is 0 Å². The van der Waals surface area contributed by atoms with E-state index in [-0.39, 0.29) is 5.91 Å². The van der Waals surface area contributed by atoms with E-state index in [0.29, 0.717) is 12.5 Å².